The van der Waals surface area contributed by atoms with Crippen LogP contribution in [0.4, 0.5) is 4.79 Å². The number of urea groups is 1. The molecule has 1 aliphatic carbocycles. The highest BCUT2D eigenvalue weighted by Gasteiger charge is 2.71. The maximum absolute atomic E-state index is 16.3. The number of rotatable bonds is 21. The summed E-state index contributed by atoms with van der Waals surface area (Å²) in [6.07, 6.45) is 1.71. The van der Waals surface area contributed by atoms with E-state index < -0.39 is 95.3 Å². The molecule has 0 spiro atoms. The molecule has 3 amide bonds. The molecule has 0 unspecified atom stereocenters. The standard InChI is InChI=1S/C61H79N3O11S2Si2/c1-41(2)78(42(3)4,43(5)6)74-40-52-57-56(58(65)64(52)77(70,71)49-31-26-45(8)27-32-49)47(39-75-79(60(9,10)11,50-20-16-14-17-21-50)51-22-18-15-19-23-51)37-55-61(57,67)63(34-35-76(68,69)48-29-24-44(7)25-30-48)59(66)62(55)38-46-28-33-53(72-12)54(36-46)73-13/h14-33,36-37,41-43,47,52,56-57,67H,34-35,38-40H2,1-13H3/t47-,52+,56+,57+,61+/m0/s1. The van der Waals surface area contributed by atoms with E-state index in [0.717, 1.165) is 30.7 Å². The Kier molecular flexibility index (Phi) is 17.1. The van der Waals surface area contributed by atoms with E-state index in [0.29, 0.717) is 17.1 Å². The van der Waals surface area contributed by atoms with Gasteiger partial charge in [-0.05, 0) is 87.8 Å². The largest absolute Gasteiger partial charge is 0.493 e. The molecule has 14 nitrogen and oxygen atoms in total. The zero-order valence-corrected chi connectivity index (χ0v) is 51.6. The van der Waals surface area contributed by atoms with Gasteiger partial charge >= 0.3 is 6.03 Å². The number of ether oxygens (including phenoxy) is 2. The summed E-state index contributed by atoms with van der Waals surface area (Å²) in [5.74, 6) is -4.29. The fourth-order valence-corrected chi connectivity index (χ4v) is 26.1. The Bertz CT molecular complexity index is 3200. The van der Waals surface area contributed by atoms with Crippen LogP contribution in [-0.2, 0) is 40.1 Å². The van der Waals surface area contributed by atoms with Crippen molar-refractivity contribution in [2.24, 2.45) is 17.8 Å². The first kappa shape index (κ1) is 59.5. The molecule has 0 bridgehead atoms. The van der Waals surface area contributed by atoms with Crippen LogP contribution in [-0.4, -0.2) is 116 Å². The minimum Gasteiger partial charge on any atom is -0.493 e. The van der Waals surface area contributed by atoms with E-state index in [-0.39, 0.29) is 51.9 Å². The Morgan fingerprint density at radius 2 is 1.19 bits per heavy atom. The number of carbonyl (C=O) groups is 2. The lowest BCUT2D eigenvalue weighted by Crippen LogP contribution is -2.67. The monoisotopic (exact) mass is 1150 g/mol. The minimum absolute atomic E-state index is 0.0341. The average molecular weight is 1150 g/mol. The SMILES string of the molecule is COc1ccc(CN2C(=O)N(CCS(=O)(=O)c3ccc(C)cc3)[C@@]3(O)C2=C[C@@H](CO[Si](c2ccccc2)(c2ccccc2)C(C)(C)C)[C@H]2C(=O)N(S(=O)(=O)c4ccc(C)cc4)[C@H](CO[Si](C(C)C)(C(C)C)C(C)C)[C@H]23)cc1OC. The first-order valence-corrected chi connectivity index (χ1v) is 34.4. The molecule has 5 aromatic rings. The van der Waals surface area contributed by atoms with E-state index >= 15 is 18.0 Å². The van der Waals surface area contributed by atoms with E-state index in [4.69, 9.17) is 18.3 Å². The van der Waals surface area contributed by atoms with Crippen molar-refractivity contribution >= 4 is 58.8 Å². The van der Waals surface area contributed by atoms with Crippen molar-refractivity contribution in [1.82, 2.24) is 14.1 Å². The number of nitrogens with zero attached hydrogens (tertiary/aromatic N) is 3. The van der Waals surface area contributed by atoms with E-state index in [9.17, 15) is 13.5 Å². The van der Waals surface area contributed by atoms with Crippen molar-refractivity contribution in [3.63, 3.8) is 0 Å². The van der Waals surface area contributed by atoms with Crippen LogP contribution in [0.25, 0.3) is 0 Å². The fourth-order valence-electron chi connectivity index (χ4n) is 13.2. The number of amides is 3. The number of aryl methyl sites for hydroxylation is 2. The van der Waals surface area contributed by atoms with Crippen LogP contribution in [0.1, 0.15) is 79.0 Å². The molecule has 2 saturated heterocycles. The summed E-state index contributed by atoms with van der Waals surface area (Å²) < 4.78 is 87.4. The van der Waals surface area contributed by atoms with Crippen molar-refractivity contribution in [3.05, 3.63) is 156 Å². The van der Waals surface area contributed by atoms with E-state index in [1.165, 1.54) is 43.4 Å². The third-order valence-corrected chi connectivity index (χ3v) is 31.5. The summed E-state index contributed by atoms with van der Waals surface area (Å²) in [6, 6.07) is 35.8. The van der Waals surface area contributed by atoms with Crippen LogP contribution >= 0.6 is 0 Å². The third kappa shape index (κ3) is 10.6. The van der Waals surface area contributed by atoms with Crippen LogP contribution in [0, 0.1) is 31.6 Å². The van der Waals surface area contributed by atoms with Crippen molar-refractivity contribution in [1.29, 1.82) is 0 Å². The van der Waals surface area contributed by atoms with Gasteiger partial charge < -0.3 is 23.4 Å². The zero-order chi connectivity index (χ0) is 57.6. The number of aliphatic hydroxyl groups is 1. The molecule has 1 N–H and O–H groups in total. The van der Waals surface area contributed by atoms with Gasteiger partial charge in [0.1, 0.15) is 0 Å². The molecular formula is C61H79N3O11S2Si2. The van der Waals surface area contributed by atoms with Crippen LogP contribution in [0.15, 0.2) is 149 Å². The summed E-state index contributed by atoms with van der Waals surface area (Å²) in [7, 11) is -12.1. The molecule has 5 atom stereocenters. The second-order valence-electron chi connectivity index (χ2n) is 23.5. The quantitative estimate of drug-likeness (QED) is 0.0695. The first-order valence-electron chi connectivity index (χ1n) is 27.3. The van der Waals surface area contributed by atoms with Crippen LogP contribution in [0.2, 0.25) is 21.7 Å². The van der Waals surface area contributed by atoms with Gasteiger partial charge in [0.25, 0.3) is 18.3 Å². The molecule has 18 heteroatoms. The molecule has 2 fully saturated rings. The van der Waals surface area contributed by atoms with E-state index in [1.807, 2.05) is 50.2 Å². The highest BCUT2D eigenvalue weighted by molar-refractivity contribution is 7.91. The van der Waals surface area contributed by atoms with Crippen LogP contribution in [0.5, 0.6) is 11.5 Å². The molecule has 79 heavy (non-hydrogen) atoms. The number of fused-ring (bicyclic) bond motifs is 3. The van der Waals surface area contributed by atoms with Crippen molar-refractivity contribution in [3.8, 4) is 11.5 Å². The molecule has 0 aromatic heterocycles. The normalized spacial score (nSPS) is 21.0. The molecule has 2 heterocycles. The smallest absolute Gasteiger partial charge is 0.327 e. The van der Waals surface area contributed by atoms with Crippen LogP contribution in [0.3, 0.4) is 0 Å². The third-order valence-electron chi connectivity index (χ3n) is 16.9. The molecule has 8 rings (SSSR count). The van der Waals surface area contributed by atoms with E-state index in [1.54, 1.807) is 48.5 Å². The van der Waals surface area contributed by atoms with Crippen molar-refractivity contribution in [2.75, 3.05) is 39.7 Å². The Balaban J connectivity index is 1.40. The molecule has 3 aliphatic rings. The first-order chi connectivity index (χ1) is 37.2. The van der Waals surface area contributed by atoms with Gasteiger partial charge in [-0.15, -0.1) is 0 Å². The Morgan fingerprint density at radius 3 is 1.68 bits per heavy atom. The highest BCUT2D eigenvalue weighted by atomic mass is 32.2. The number of carbonyl (C=O) groups excluding carboxylic acids is 2. The van der Waals surface area contributed by atoms with Gasteiger partial charge in [0.05, 0.1) is 60.6 Å². The van der Waals surface area contributed by atoms with Crippen LogP contribution < -0.4 is 19.8 Å². The zero-order valence-electron chi connectivity index (χ0n) is 48.0. The van der Waals surface area contributed by atoms with Gasteiger partial charge in [-0.2, -0.15) is 0 Å². The Morgan fingerprint density at radius 1 is 0.671 bits per heavy atom. The van der Waals surface area contributed by atoms with Gasteiger partial charge in [0.15, 0.2) is 35.4 Å². The lowest BCUT2D eigenvalue weighted by atomic mass is 9.69. The van der Waals surface area contributed by atoms with Crippen molar-refractivity contribution < 1.29 is 49.9 Å². The second-order valence-corrected chi connectivity index (χ2v) is 37.1. The average Bonchev–Trinajstić information content (AvgIpc) is 3.87. The Hall–Kier alpha value is -5.61. The summed E-state index contributed by atoms with van der Waals surface area (Å²) in [4.78, 5) is 34.5. The number of sulfone groups is 1. The van der Waals surface area contributed by atoms with Gasteiger partial charge in [-0.3, -0.25) is 14.6 Å². The van der Waals surface area contributed by atoms with E-state index in [2.05, 4.69) is 86.6 Å². The fraction of sp³-hybridized carbons (Fsp3) is 0.443. The Labute approximate surface area is 471 Å². The van der Waals surface area contributed by atoms with Gasteiger partial charge in [0.2, 0.25) is 5.91 Å². The molecule has 0 radical (unpaired) electrons. The molecule has 2 aliphatic heterocycles. The molecule has 0 saturated carbocycles. The lowest BCUT2D eigenvalue weighted by molar-refractivity contribution is -0.136. The number of sulfonamides is 1. The lowest BCUT2D eigenvalue weighted by Gasteiger charge is -2.48. The molecule has 424 valence electrons. The topological polar surface area (TPSA) is 169 Å². The van der Waals surface area contributed by atoms with Gasteiger partial charge in [-0.25, -0.2) is 25.9 Å². The predicted octanol–water partition coefficient (Wildman–Crippen LogP) is 9.84. The number of methoxy groups -OCH3 is 2. The van der Waals surface area contributed by atoms with Crippen molar-refractivity contribution in [2.45, 2.75) is 126 Å². The molecule has 5 aromatic carbocycles. The second kappa shape index (κ2) is 22.7. The number of hydrogen-bond donors (Lipinski definition) is 1. The maximum Gasteiger partial charge on any atom is 0.327 e. The highest BCUT2D eigenvalue weighted by Crippen LogP contribution is 2.57. The predicted molar refractivity (Wildman–Crippen MR) is 313 cm³/mol. The molecular weight excluding hydrogens is 1070 g/mol. The number of hydrogen-bond acceptors (Lipinski definition) is 11. The minimum atomic E-state index is -4.74. The number of benzene rings is 5. The summed E-state index contributed by atoms with van der Waals surface area (Å²) in [5, 5.41) is 15.8. The van der Waals surface area contributed by atoms with Gasteiger partial charge in [-0.1, -0.05) is 171 Å². The summed E-state index contributed by atoms with van der Waals surface area (Å²) in [5.41, 5.74) is -0.0675. The summed E-state index contributed by atoms with van der Waals surface area (Å²) in [6.45, 7) is 21.7. The summed E-state index contributed by atoms with van der Waals surface area (Å²) >= 11 is 0. The van der Waals surface area contributed by atoms with Gasteiger partial charge in [0, 0.05) is 25.0 Å². The maximum atomic E-state index is 16.3.